The first-order valence-corrected chi connectivity index (χ1v) is 8.14. The van der Waals surface area contributed by atoms with Crippen LogP contribution in [-0.2, 0) is 19.4 Å². The fraction of sp³-hybridized carbons (Fsp3) is 0.750. The number of carbonyl (C=O) groups excluding carboxylic acids is 1. The van der Waals surface area contributed by atoms with Crippen molar-refractivity contribution in [1.29, 1.82) is 0 Å². The van der Waals surface area contributed by atoms with E-state index < -0.39 is 9.84 Å². The van der Waals surface area contributed by atoms with Crippen molar-refractivity contribution in [3.05, 3.63) is 12.2 Å². The van der Waals surface area contributed by atoms with E-state index >= 15 is 0 Å². The summed E-state index contributed by atoms with van der Waals surface area (Å²) in [6, 6.07) is -0.282. The number of sulfone groups is 1. The fourth-order valence-electron chi connectivity index (χ4n) is 1.80. The second-order valence-corrected chi connectivity index (χ2v) is 7.06. The van der Waals surface area contributed by atoms with Gasteiger partial charge in [0.1, 0.15) is 0 Å². The average molecular weight is 290 g/mol. The zero-order valence-corrected chi connectivity index (χ0v) is 12.1. The predicted molar refractivity (Wildman–Crippen MR) is 73.7 cm³/mol. The third-order valence-corrected chi connectivity index (χ3v) is 4.39. The number of amides is 1. The van der Waals surface area contributed by atoms with Crippen LogP contribution in [0.4, 0.5) is 0 Å². The molecule has 1 saturated heterocycles. The topological polar surface area (TPSA) is 84.5 Å². The van der Waals surface area contributed by atoms with E-state index in [0.717, 1.165) is 5.57 Å². The van der Waals surface area contributed by atoms with E-state index in [1.807, 2.05) is 6.92 Å². The minimum absolute atomic E-state index is 0.0343. The maximum absolute atomic E-state index is 11.6. The largest absolute Gasteiger partial charge is 0.375 e. The molecule has 0 bridgehead atoms. The normalized spacial score (nSPS) is 21.8. The third-order valence-electron chi connectivity index (χ3n) is 2.65. The van der Waals surface area contributed by atoms with Gasteiger partial charge in [-0.15, -0.1) is 0 Å². The molecule has 0 aromatic carbocycles. The molecule has 1 heterocycles. The number of nitrogens with one attached hydrogen (secondary N) is 2. The van der Waals surface area contributed by atoms with Gasteiger partial charge in [0.05, 0.1) is 24.7 Å². The summed E-state index contributed by atoms with van der Waals surface area (Å²) in [5, 5.41) is 5.74. The van der Waals surface area contributed by atoms with Gasteiger partial charge in [-0.3, -0.25) is 4.79 Å². The number of hydrogen-bond donors (Lipinski definition) is 2. The van der Waals surface area contributed by atoms with Gasteiger partial charge in [0, 0.05) is 25.6 Å². The molecule has 2 N–H and O–H groups in total. The van der Waals surface area contributed by atoms with Crippen LogP contribution in [0.1, 0.15) is 13.3 Å². The molecule has 0 aromatic rings. The summed E-state index contributed by atoms with van der Waals surface area (Å²) in [4.78, 5) is 11.6. The second-order valence-electron chi connectivity index (χ2n) is 4.83. The average Bonchev–Trinajstić information content (AvgIpc) is 2.26. The molecular formula is C12H22N2O4S. The molecule has 1 rings (SSSR count). The highest BCUT2D eigenvalue weighted by Crippen LogP contribution is 2.04. The van der Waals surface area contributed by atoms with Crippen LogP contribution in [0.25, 0.3) is 0 Å². The van der Waals surface area contributed by atoms with Crippen LogP contribution in [0.5, 0.6) is 0 Å². The predicted octanol–water partition coefficient (Wildman–Crippen LogP) is -0.528. The molecule has 1 amide bonds. The molecule has 1 unspecified atom stereocenters. The molecule has 1 aliphatic rings. The highest BCUT2D eigenvalue weighted by Gasteiger charge is 2.25. The van der Waals surface area contributed by atoms with E-state index in [4.69, 9.17) is 4.74 Å². The Hall–Kier alpha value is -0.920. The van der Waals surface area contributed by atoms with E-state index in [1.54, 1.807) is 0 Å². The van der Waals surface area contributed by atoms with E-state index in [-0.39, 0.29) is 29.9 Å². The van der Waals surface area contributed by atoms with E-state index in [0.29, 0.717) is 26.3 Å². The minimum Gasteiger partial charge on any atom is -0.375 e. The van der Waals surface area contributed by atoms with Crippen molar-refractivity contribution in [2.75, 3.05) is 37.8 Å². The molecule has 0 saturated carbocycles. The van der Waals surface area contributed by atoms with Crippen LogP contribution in [0, 0.1) is 0 Å². The molecule has 1 aliphatic heterocycles. The Morgan fingerprint density at radius 2 is 2.26 bits per heavy atom. The molecule has 0 radical (unpaired) electrons. The fourth-order valence-corrected chi connectivity index (χ4v) is 3.25. The van der Waals surface area contributed by atoms with Crippen molar-refractivity contribution < 1.29 is 17.9 Å². The number of hydrogen-bond acceptors (Lipinski definition) is 5. The van der Waals surface area contributed by atoms with Crippen molar-refractivity contribution in [3.63, 3.8) is 0 Å². The summed E-state index contributed by atoms with van der Waals surface area (Å²) in [7, 11) is -2.99. The maximum Gasteiger partial charge on any atom is 0.221 e. The van der Waals surface area contributed by atoms with E-state index in [2.05, 4.69) is 17.2 Å². The summed E-state index contributed by atoms with van der Waals surface area (Å²) in [5.41, 5.74) is 0.933. The van der Waals surface area contributed by atoms with Gasteiger partial charge in [0.2, 0.25) is 5.91 Å². The zero-order valence-electron chi connectivity index (χ0n) is 11.3. The van der Waals surface area contributed by atoms with Crippen LogP contribution in [0.15, 0.2) is 12.2 Å². The lowest BCUT2D eigenvalue weighted by atomic mass is 10.2. The molecule has 7 heteroatoms. The van der Waals surface area contributed by atoms with Crippen LogP contribution in [-0.4, -0.2) is 58.2 Å². The third kappa shape index (κ3) is 7.29. The summed E-state index contributed by atoms with van der Waals surface area (Å²) in [6.45, 7) is 7.32. The van der Waals surface area contributed by atoms with Crippen LogP contribution in [0.2, 0.25) is 0 Å². The molecule has 1 atom stereocenters. The van der Waals surface area contributed by atoms with Gasteiger partial charge in [-0.1, -0.05) is 12.2 Å². The Kier molecular flexibility index (Phi) is 6.47. The van der Waals surface area contributed by atoms with Crippen molar-refractivity contribution in [2.45, 2.75) is 19.4 Å². The molecule has 6 nitrogen and oxygen atoms in total. The Balaban J connectivity index is 2.15. The molecular weight excluding hydrogens is 268 g/mol. The smallest absolute Gasteiger partial charge is 0.221 e. The number of carbonyl (C=O) groups is 1. The highest BCUT2D eigenvalue weighted by molar-refractivity contribution is 7.91. The second kappa shape index (κ2) is 7.62. The summed E-state index contributed by atoms with van der Waals surface area (Å²) in [5.74, 6) is 0.0282. The Labute approximate surface area is 114 Å². The first kappa shape index (κ1) is 16.1. The Morgan fingerprint density at radius 1 is 1.53 bits per heavy atom. The highest BCUT2D eigenvalue weighted by atomic mass is 32.2. The molecule has 1 fully saturated rings. The standard InChI is InChI=1S/C12H22N2O4S/c1-10(2)8-18-5-3-14-12(15)7-11-9-19(16,17)6-4-13-11/h11,13H,1,3-9H2,2H3,(H,14,15). The summed E-state index contributed by atoms with van der Waals surface area (Å²) in [6.07, 6.45) is 0.180. The Bertz CT molecular complexity index is 419. The van der Waals surface area contributed by atoms with Crippen molar-refractivity contribution in [3.8, 4) is 0 Å². The molecule has 110 valence electrons. The SMILES string of the molecule is C=C(C)COCCNC(=O)CC1CS(=O)(=O)CCN1. The molecule has 0 aromatic heterocycles. The van der Waals surface area contributed by atoms with Crippen LogP contribution < -0.4 is 10.6 Å². The molecule has 19 heavy (non-hydrogen) atoms. The van der Waals surface area contributed by atoms with E-state index in [9.17, 15) is 13.2 Å². The lowest BCUT2D eigenvalue weighted by molar-refractivity contribution is -0.121. The maximum atomic E-state index is 11.6. The van der Waals surface area contributed by atoms with Gasteiger partial charge in [-0.05, 0) is 6.92 Å². The molecule has 0 aliphatic carbocycles. The summed E-state index contributed by atoms with van der Waals surface area (Å²) >= 11 is 0. The minimum atomic E-state index is -2.99. The van der Waals surface area contributed by atoms with Crippen molar-refractivity contribution >= 4 is 15.7 Å². The summed E-state index contributed by atoms with van der Waals surface area (Å²) < 4.78 is 28.1. The van der Waals surface area contributed by atoms with Crippen LogP contribution in [0.3, 0.4) is 0 Å². The lowest BCUT2D eigenvalue weighted by Crippen LogP contribution is -2.47. The Morgan fingerprint density at radius 3 is 2.89 bits per heavy atom. The van der Waals surface area contributed by atoms with Gasteiger partial charge >= 0.3 is 0 Å². The monoisotopic (exact) mass is 290 g/mol. The first-order chi connectivity index (χ1) is 8.89. The number of rotatable bonds is 7. The lowest BCUT2D eigenvalue weighted by Gasteiger charge is -2.23. The van der Waals surface area contributed by atoms with Gasteiger partial charge in [0.25, 0.3) is 0 Å². The van der Waals surface area contributed by atoms with Crippen molar-refractivity contribution in [1.82, 2.24) is 10.6 Å². The van der Waals surface area contributed by atoms with Crippen molar-refractivity contribution in [2.24, 2.45) is 0 Å². The quantitative estimate of drug-likeness (QED) is 0.486. The first-order valence-electron chi connectivity index (χ1n) is 6.32. The van der Waals surface area contributed by atoms with Crippen LogP contribution >= 0.6 is 0 Å². The zero-order chi connectivity index (χ0) is 14.3. The number of ether oxygens (including phenoxy) is 1. The molecule has 0 spiro atoms. The van der Waals surface area contributed by atoms with E-state index in [1.165, 1.54) is 0 Å². The van der Waals surface area contributed by atoms with Gasteiger partial charge in [0.15, 0.2) is 9.84 Å². The van der Waals surface area contributed by atoms with Gasteiger partial charge < -0.3 is 15.4 Å². The van der Waals surface area contributed by atoms with Gasteiger partial charge in [-0.25, -0.2) is 8.42 Å². The van der Waals surface area contributed by atoms with Gasteiger partial charge in [-0.2, -0.15) is 0 Å².